The van der Waals surface area contributed by atoms with Crippen LogP contribution >= 0.6 is 12.2 Å². The zero-order chi connectivity index (χ0) is 14.1. The fourth-order valence-corrected chi connectivity index (χ4v) is 2.26. The fourth-order valence-electron chi connectivity index (χ4n) is 2.09. The molecular formula is C16H25NOS. The van der Waals surface area contributed by atoms with E-state index in [0.29, 0.717) is 4.99 Å². The number of benzene rings is 1. The lowest BCUT2D eigenvalue weighted by Gasteiger charge is -2.13. The molecule has 2 nitrogen and oxygen atoms in total. The van der Waals surface area contributed by atoms with Crippen LogP contribution in [0.4, 0.5) is 0 Å². The molecule has 0 amide bonds. The lowest BCUT2D eigenvalue weighted by molar-refractivity contribution is 0.302. The molecule has 19 heavy (non-hydrogen) atoms. The van der Waals surface area contributed by atoms with Crippen LogP contribution in [-0.4, -0.2) is 11.6 Å². The Hall–Kier alpha value is -1.09. The lowest BCUT2D eigenvalue weighted by Crippen LogP contribution is -2.13. The molecule has 1 aromatic rings. The molecule has 0 atom stereocenters. The van der Waals surface area contributed by atoms with Crippen molar-refractivity contribution in [2.45, 2.75) is 52.4 Å². The standard InChI is InChI=1S/C16H25NOS/c1-3-4-5-6-7-8-12-18-15-13(2)10-9-11-14(15)16(17)19/h9-11H,3-8,12H2,1-2H3,(H2,17,19). The van der Waals surface area contributed by atoms with Gasteiger partial charge in [0.1, 0.15) is 10.7 Å². The summed E-state index contributed by atoms with van der Waals surface area (Å²) < 4.78 is 5.87. The second-order valence-corrected chi connectivity index (χ2v) is 5.37. The molecule has 0 fully saturated rings. The van der Waals surface area contributed by atoms with Gasteiger partial charge in [0.2, 0.25) is 0 Å². The van der Waals surface area contributed by atoms with E-state index in [9.17, 15) is 0 Å². The van der Waals surface area contributed by atoms with E-state index >= 15 is 0 Å². The van der Waals surface area contributed by atoms with Crippen molar-refractivity contribution >= 4 is 17.2 Å². The van der Waals surface area contributed by atoms with Gasteiger partial charge in [0.05, 0.1) is 12.2 Å². The van der Waals surface area contributed by atoms with E-state index in [4.69, 9.17) is 22.7 Å². The smallest absolute Gasteiger partial charge is 0.132 e. The van der Waals surface area contributed by atoms with Crippen LogP contribution < -0.4 is 10.5 Å². The maximum atomic E-state index is 5.87. The average Bonchev–Trinajstić information content (AvgIpc) is 2.39. The number of ether oxygens (including phenoxy) is 1. The third-order valence-electron chi connectivity index (χ3n) is 3.22. The van der Waals surface area contributed by atoms with Crippen molar-refractivity contribution in [3.8, 4) is 5.75 Å². The number of hydrogen-bond donors (Lipinski definition) is 1. The molecule has 0 aliphatic carbocycles. The summed E-state index contributed by atoms with van der Waals surface area (Å²) in [7, 11) is 0. The van der Waals surface area contributed by atoms with Gasteiger partial charge in [0.25, 0.3) is 0 Å². The molecule has 0 aliphatic heterocycles. The molecule has 0 bridgehead atoms. The summed E-state index contributed by atoms with van der Waals surface area (Å²) in [6.07, 6.45) is 7.58. The first kappa shape index (κ1) is 16.0. The van der Waals surface area contributed by atoms with Crippen LogP contribution in [0.15, 0.2) is 18.2 Å². The zero-order valence-electron chi connectivity index (χ0n) is 12.1. The second kappa shape index (κ2) is 8.92. The maximum absolute atomic E-state index is 5.87. The van der Waals surface area contributed by atoms with Gasteiger partial charge >= 0.3 is 0 Å². The quantitative estimate of drug-likeness (QED) is 0.538. The van der Waals surface area contributed by atoms with Crippen LogP contribution in [0.25, 0.3) is 0 Å². The Morgan fingerprint density at radius 2 is 1.84 bits per heavy atom. The van der Waals surface area contributed by atoms with E-state index in [1.165, 1.54) is 32.1 Å². The lowest BCUT2D eigenvalue weighted by atomic mass is 10.1. The molecular weight excluding hydrogens is 254 g/mol. The van der Waals surface area contributed by atoms with Crippen molar-refractivity contribution in [3.63, 3.8) is 0 Å². The zero-order valence-corrected chi connectivity index (χ0v) is 12.9. The summed E-state index contributed by atoms with van der Waals surface area (Å²) in [5.74, 6) is 0.851. The van der Waals surface area contributed by atoms with Gasteiger partial charge in [-0.1, -0.05) is 63.4 Å². The van der Waals surface area contributed by atoms with Crippen LogP contribution in [0, 0.1) is 6.92 Å². The van der Waals surface area contributed by atoms with Crippen LogP contribution in [0.5, 0.6) is 5.75 Å². The summed E-state index contributed by atoms with van der Waals surface area (Å²) in [6, 6.07) is 5.91. The van der Waals surface area contributed by atoms with Gasteiger partial charge in [-0.25, -0.2) is 0 Å². The number of nitrogens with two attached hydrogens (primary N) is 1. The first-order valence-electron chi connectivity index (χ1n) is 7.19. The summed E-state index contributed by atoms with van der Waals surface area (Å²) in [5, 5.41) is 0. The predicted molar refractivity (Wildman–Crippen MR) is 85.9 cm³/mol. The Bertz CT molecular complexity index is 404. The monoisotopic (exact) mass is 279 g/mol. The summed E-state index contributed by atoms with van der Waals surface area (Å²) in [6.45, 7) is 5.00. The van der Waals surface area contributed by atoms with Gasteiger partial charge in [0, 0.05) is 0 Å². The molecule has 0 saturated heterocycles. The number of para-hydroxylation sites is 1. The molecule has 0 unspecified atom stereocenters. The topological polar surface area (TPSA) is 35.2 Å². The summed E-state index contributed by atoms with van der Waals surface area (Å²) in [5.41, 5.74) is 7.66. The van der Waals surface area contributed by atoms with Gasteiger partial charge < -0.3 is 10.5 Å². The summed E-state index contributed by atoms with van der Waals surface area (Å²) in [4.78, 5) is 0.404. The van der Waals surface area contributed by atoms with Crippen molar-refractivity contribution in [1.82, 2.24) is 0 Å². The van der Waals surface area contributed by atoms with E-state index in [-0.39, 0.29) is 0 Å². The minimum Gasteiger partial charge on any atom is -0.493 e. The normalized spacial score (nSPS) is 10.4. The van der Waals surface area contributed by atoms with Crippen molar-refractivity contribution < 1.29 is 4.74 Å². The highest BCUT2D eigenvalue weighted by Gasteiger charge is 2.08. The molecule has 0 radical (unpaired) electrons. The number of hydrogen-bond acceptors (Lipinski definition) is 2. The molecule has 0 aliphatic rings. The first-order chi connectivity index (χ1) is 9.16. The van der Waals surface area contributed by atoms with Gasteiger partial charge in [-0.05, 0) is 25.0 Å². The molecule has 1 aromatic carbocycles. The van der Waals surface area contributed by atoms with Crippen molar-refractivity contribution in [2.24, 2.45) is 5.73 Å². The van der Waals surface area contributed by atoms with Gasteiger partial charge in [-0.2, -0.15) is 0 Å². The van der Waals surface area contributed by atoms with Crippen molar-refractivity contribution in [3.05, 3.63) is 29.3 Å². The molecule has 3 heteroatoms. The van der Waals surface area contributed by atoms with Crippen LogP contribution in [-0.2, 0) is 0 Å². The van der Waals surface area contributed by atoms with E-state index in [1.54, 1.807) is 0 Å². The highest BCUT2D eigenvalue weighted by atomic mass is 32.1. The van der Waals surface area contributed by atoms with Crippen LogP contribution in [0.2, 0.25) is 0 Å². The van der Waals surface area contributed by atoms with E-state index < -0.39 is 0 Å². The number of unbranched alkanes of at least 4 members (excludes halogenated alkanes) is 5. The highest BCUT2D eigenvalue weighted by Crippen LogP contribution is 2.23. The molecule has 0 aromatic heterocycles. The first-order valence-corrected chi connectivity index (χ1v) is 7.59. The summed E-state index contributed by atoms with van der Waals surface area (Å²) >= 11 is 5.06. The number of aryl methyl sites for hydroxylation is 1. The van der Waals surface area contributed by atoms with E-state index in [0.717, 1.165) is 29.9 Å². The van der Waals surface area contributed by atoms with Crippen LogP contribution in [0.3, 0.4) is 0 Å². The van der Waals surface area contributed by atoms with E-state index in [1.807, 2.05) is 25.1 Å². The maximum Gasteiger partial charge on any atom is 0.132 e. The average molecular weight is 279 g/mol. The van der Waals surface area contributed by atoms with Gasteiger partial charge in [0.15, 0.2) is 0 Å². The third-order valence-corrected chi connectivity index (χ3v) is 3.44. The molecule has 106 valence electrons. The molecule has 0 spiro atoms. The molecule has 1 rings (SSSR count). The van der Waals surface area contributed by atoms with E-state index in [2.05, 4.69) is 6.92 Å². The fraction of sp³-hybridized carbons (Fsp3) is 0.562. The Morgan fingerprint density at radius 1 is 1.16 bits per heavy atom. The third kappa shape index (κ3) is 5.60. The number of rotatable bonds is 9. The Morgan fingerprint density at radius 3 is 2.53 bits per heavy atom. The highest BCUT2D eigenvalue weighted by molar-refractivity contribution is 7.80. The largest absolute Gasteiger partial charge is 0.493 e. The van der Waals surface area contributed by atoms with Crippen LogP contribution in [0.1, 0.15) is 56.6 Å². The van der Waals surface area contributed by atoms with Crippen molar-refractivity contribution in [2.75, 3.05) is 6.61 Å². The molecule has 2 N–H and O–H groups in total. The predicted octanol–water partition coefficient (Wildman–Crippen LogP) is 4.37. The minimum atomic E-state index is 0.404. The van der Waals surface area contributed by atoms with Crippen molar-refractivity contribution in [1.29, 1.82) is 0 Å². The molecule has 0 heterocycles. The van der Waals surface area contributed by atoms with Gasteiger partial charge in [-0.15, -0.1) is 0 Å². The number of thiocarbonyl (C=S) groups is 1. The SMILES string of the molecule is CCCCCCCCOc1c(C)cccc1C(N)=S. The molecule has 0 saturated carbocycles. The minimum absolute atomic E-state index is 0.404. The Balaban J connectivity index is 2.38. The second-order valence-electron chi connectivity index (χ2n) is 4.93. The van der Waals surface area contributed by atoms with Gasteiger partial charge in [-0.3, -0.25) is 0 Å². The Labute approximate surface area is 122 Å². The Kier molecular flexibility index (Phi) is 7.49.